The molecule has 4 nitrogen and oxygen atoms in total. The van der Waals surface area contributed by atoms with E-state index >= 15 is 0 Å². The predicted molar refractivity (Wildman–Crippen MR) is 71.1 cm³/mol. The van der Waals surface area contributed by atoms with Crippen LogP contribution >= 0.6 is 0 Å². The second-order valence-electron chi connectivity index (χ2n) is 4.59. The highest BCUT2D eigenvalue weighted by Gasteiger charge is 2.27. The van der Waals surface area contributed by atoms with Gasteiger partial charge in [0, 0.05) is 25.5 Å². The maximum Gasteiger partial charge on any atom is 0.224 e. The number of carbonyl (C=O) groups is 2. The van der Waals surface area contributed by atoms with Crippen molar-refractivity contribution < 1.29 is 14.3 Å². The molecule has 0 aliphatic heterocycles. The fraction of sp³-hybridized carbons (Fsp3) is 0.333. The summed E-state index contributed by atoms with van der Waals surface area (Å²) in [6.07, 6.45) is 2.22. The van der Waals surface area contributed by atoms with E-state index < -0.39 is 0 Å². The molecule has 4 heteroatoms. The van der Waals surface area contributed by atoms with Crippen molar-refractivity contribution in [1.29, 1.82) is 0 Å². The number of nitrogens with one attached hydrogen (secondary N) is 1. The molecule has 1 aliphatic carbocycles. The normalized spacial score (nSPS) is 18.7. The number of rotatable bonds is 4. The van der Waals surface area contributed by atoms with Crippen LogP contribution in [0.2, 0.25) is 0 Å². The van der Waals surface area contributed by atoms with E-state index in [-0.39, 0.29) is 24.0 Å². The van der Waals surface area contributed by atoms with Crippen LogP contribution in [0.15, 0.2) is 42.2 Å². The molecule has 1 atom stereocenters. The Bertz CT molecular complexity index is 493. The van der Waals surface area contributed by atoms with Crippen LogP contribution in [0, 0.1) is 5.92 Å². The molecule has 0 saturated heterocycles. The number of hydrogen-bond donors (Lipinski definition) is 1. The molecule has 0 aromatic heterocycles. The molecule has 1 aliphatic rings. The molecule has 2 rings (SSSR count). The van der Waals surface area contributed by atoms with Crippen LogP contribution in [-0.2, 0) is 20.9 Å². The molecule has 1 amide bonds. The standard InChI is InChI=1S/C15H17NO3/c1-19-14-8-12(7-13(17)9-14)15(18)16-10-11-5-3-2-4-6-11/h2-6,9,12H,7-8,10H2,1H3,(H,16,18). The summed E-state index contributed by atoms with van der Waals surface area (Å²) in [5.41, 5.74) is 1.04. The Balaban J connectivity index is 1.90. The minimum Gasteiger partial charge on any atom is -0.501 e. The third-order valence-corrected chi connectivity index (χ3v) is 3.16. The lowest BCUT2D eigenvalue weighted by atomic mass is 9.91. The number of methoxy groups -OCH3 is 1. The first kappa shape index (κ1) is 13.3. The van der Waals surface area contributed by atoms with Crippen LogP contribution < -0.4 is 5.32 Å². The molecule has 0 bridgehead atoms. The lowest BCUT2D eigenvalue weighted by Crippen LogP contribution is -2.33. The van der Waals surface area contributed by atoms with E-state index in [9.17, 15) is 9.59 Å². The zero-order valence-electron chi connectivity index (χ0n) is 10.9. The van der Waals surface area contributed by atoms with Crippen LogP contribution in [0.3, 0.4) is 0 Å². The number of benzene rings is 1. The van der Waals surface area contributed by atoms with Crippen LogP contribution in [-0.4, -0.2) is 18.8 Å². The van der Waals surface area contributed by atoms with Gasteiger partial charge in [0.05, 0.1) is 18.8 Å². The first-order valence-electron chi connectivity index (χ1n) is 6.28. The van der Waals surface area contributed by atoms with Crippen molar-refractivity contribution in [2.24, 2.45) is 5.92 Å². The van der Waals surface area contributed by atoms with Gasteiger partial charge in [0.2, 0.25) is 5.91 Å². The molecule has 1 N–H and O–H groups in total. The van der Waals surface area contributed by atoms with E-state index in [2.05, 4.69) is 5.32 Å². The first-order chi connectivity index (χ1) is 9.19. The summed E-state index contributed by atoms with van der Waals surface area (Å²) < 4.78 is 5.07. The zero-order valence-corrected chi connectivity index (χ0v) is 10.9. The number of allylic oxidation sites excluding steroid dienone is 2. The Morgan fingerprint density at radius 1 is 1.32 bits per heavy atom. The lowest BCUT2D eigenvalue weighted by Gasteiger charge is -2.20. The highest BCUT2D eigenvalue weighted by atomic mass is 16.5. The summed E-state index contributed by atoms with van der Waals surface area (Å²) in [5, 5.41) is 2.86. The van der Waals surface area contributed by atoms with Gasteiger partial charge in [-0.3, -0.25) is 9.59 Å². The van der Waals surface area contributed by atoms with Crippen LogP contribution in [0.5, 0.6) is 0 Å². The third kappa shape index (κ3) is 3.68. The fourth-order valence-corrected chi connectivity index (χ4v) is 2.11. The molecule has 1 aromatic rings. The van der Waals surface area contributed by atoms with Crippen LogP contribution in [0.25, 0.3) is 0 Å². The summed E-state index contributed by atoms with van der Waals surface area (Å²) in [6.45, 7) is 0.483. The van der Waals surface area contributed by atoms with Crippen molar-refractivity contribution in [3.8, 4) is 0 Å². The van der Waals surface area contributed by atoms with Gasteiger partial charge >= 0.3 is 0 Å². The number of ether oxygens (including phenoxy) is 1. The van der Waals surface area contributed by atoms with Gasteiger partial charge in [-0.25, -0.2) is 0 Å². The Kier molecular flexibility index (Phi) is 4.34. The predicted octanol–water partition coefficient (Wildman–Crippen LogP) is 1.81. The Labute approximate surface area is 112 Å². The van der Waals surface area contributed by atoms with Gasteiger partial charge in [-0.15, -0.1) is 0 Å². The average Bonchev–Trinajstić information content (AvgIpc) is 2.45. The number of carbonyl (C=O) groups excluding carboxylic acids is 2. The number of amides is 1. The largest absolute Gasteiger partial charge is 0.501 e. The smallest absolute Gasteiger partial charge is 0.224 e. The summed E-state index contributed by atoms with van der Waals surface area (Å²) in [5.74, 6) is 0.107. The topological polar surface area (TPSA) is 55.4 Å². The van der Waals surface area contributed by atoms with E-state index in [4.69, 9.17) is 4.74 Å². The van der Waals surface area contributed by atoms with Crippen molar-refractivity contribution in [2.45, 2.75) is 19.4 Å². The van der Waals surface area contributed by atoms with Crippen molar-refractivity contribution >= 4 is 11.7 Å². The molecule has 100 valence electrons. The highest BCUT2D eigenvalue weighted by molar-refractivity contribution is 5.95. The highest BCUT2D eigenvalue weighted by Crippen LogP contribution is 2.22. The Morgan fingerprint density at radius 3 is 2.74 bits per heavy atom. The minimum atomic E-state index is -0.323. The van der Waals surface area contributed by atoms with Gasteiger partial charge in [-0.2, -0.15) is 0 Å². The summed E-state index contributed by atoms with van der Waals surface area (Å²) in [6, 6.07) is 9.69. The fourth-order valence-electron chi connectivity index (χ4n) is 2.11. The number of ketones is 1. The maximum absolute atomic E-state index is 12.0. The molecule has 19 heavy (non-hydrogen) atoms. The lowest BCUT2D eigenvalue weighted by molar-refractivity contribution is -0.129. The molecule has 1 unspecified atom stereocenters. The van der Waals surface area contributed by atoms with E-state index in [0.29, 0.717) is 18.7 Å². The monoisotopic (exact) mass is 259 g/mol. The molecule has 1 aromatic carbocycles. The third-order valence-electron chi connectivity index (χ3n) is 3.16. The Hall–Kier alpha value is -2.10. The number of hydrogen-bond acceptors (Lipinski definition) is 3. The van der Waals surface area contributed by atoms with Crippen LogP contribution in [0.4, 0.5) is 0 Å². The summed E-state index contributed by atoms with van der Waals surface area (Å²) in [4.78, 5) is 23.5. The van der Waals surface area contributed by atoms with Crippen molar-refractivity contribution in [3.05, 3.63) is 47.7 Å². The van der Waals surface area contributed by atoms with Gasteiger partial charge < -0.3 is 10.1 Å². The molecule has 0 heterocycles. The van der Waals surface area contributed by atoms with E-state index in [0.717, 1.165) is 5.56 Å². The van der Waals surface area contributed by atoms with Gasteiger partial charge in [-0.1, -0.05) is 30.3 Å². The van der Waals surface area contributed by atoms with Gasteiger partial charge in [0.15, 0.2) is 5.78 Å². The Morgan fingerprint density at radius 2 is 2.05 bits per heavy atom. The quantitative estimate of drug-likeness (QED) is 0.897. The van der Waals surface area contributed by atoms with E-state index in [1.807, 2.05) is 30.3 Å². The van der Waals surface area contributed by atoms with Gasteiger partial charge in [0.25, 0.3) is 0 Å². The molecular weight excluding hydrogens is 242 g/mol. The van der Waals surface area contributed by atoms with Crippen molar-refractivity contribution in [2.75, 3.05) is 7.11 Å². The second-order valence-corrected chi connectivity index (χ2v) is 4.59. The molecule has 0 saturated carbocycles. The summed E-state index contributed by atoms with van der Waals surface area (Å²) in [7, 11) is 1.52. The molecule has 0 radical (unpaired) electrons. The van der Waals surface area contributed by atoms with Gasteiger partial charge in [0.1, 0.15) is 0 Å². The van der Waals surface area contributed by atoms with E-state index in [1.165, 1.54) is 13.2 Å². The van der Waals surface area contributed by atoms with Crippen LogP contribution in [0.1, 0.15) is 18.4 Å². The molecule has 0 spiro atoms. The maximum atomic E-state index is 12.0. The minimum absolute atomic E-state index is 0.0528. The van der Waals surface area contributed by atoms with Crippen molar-refractivity contribution in [3.63, 3.8) is 0 Å². The van der Waals surface area contributed by atoms with E-state index in [1.54, 1.807) is 0 Å². The van der Waals surface area contributed by atoms with Crippen molar-refractivity contribution in [1.82, 2.24) is 5.32 Å². The zero-order chi connectivity index (χ0) is 13.7. The summed E-state index contributed by atoms with van der Waals surface area (Å²) >= 11 is 0. The SMILES string of the molecule is COC1=CC(=O)CC(C(=O)NCc2ccccc2)C1. The average molecular weight is 259 g/mol. The molecular formula is C15H17NO3. The first-order valence-corrected chi connectivity index (χ1v) is 6.28. The van der Waals surface area contributed by atoms with Gasteiger partial charge in [-0.05, 0) is 5.56 Å². The second kappa shape index (κ2) is 6.18. The molecule has 0 fully saturated rings.